The highest BCUT2D eigenvalue weighted by Gasteiger charge is 2.50. The number of hydrogen-bond acceptors (Lipinski definition) is 4. The first-order valence-electron chi connectivity index (χ1n) is 15.3. The van der Waals surface area contributed by atoms with Crippen LogP contribution < -0.4 is 5.46 Å². The van der Waals surface area contributed by atoms with Crippen molar-refractivity contribution in [2.45, 2.75) is 102 Å². The van der Waals surface area contributed by atoms with Gasteiger partial charge in [0.1, 0.15) is 0 Å². The van der Waals surface area contributed by atoms with Crippen molar-refractivity contribution in [3.63, 3.8) is 0 Å². The predicted octanol–water partition coefficient (Wildman–Crippen LogP) is 5.09. The second kappa shape index (κ2) is 12.6. The molecule has 0 aromatic heterocycles. The van der Waals surface area contributed by atoms with Crippen molar-refractivity contribution in [1.82, 2.24) is 0 Å². The Morgan fingerprint density at radius 1 is 0.795 bits per heavy atom. The third-order valence-corrected chi connectivity index (χ3v) is 9.71. The molecule has 4 nitrogen and oxygen atoms in total. The summed E-state index contributed by atoms with van der Waals surface area (Å²) in [5.41, 5.74) is 7.99. The Morgan fingerprint density at radius 2 is 1.54 bits per heavy atom. The average Bonchev–Trinajstić information content (AvgIpc) is 3.18. The van der Waals surface area contributed by atoms with Crippen LogP contribution in [0.5, 0.6) is 0 Å². The zero-order valence-corrected chi connectivity index (χ0v) is 23.5. The Morgan fingerprint density at radius 3 is 2.21 bits per heavy atom. The van der Waals surface area contributed by atoms with Gasteiger partial charge >= 0.3 is 14.2 Å². The first-order chi connectivity index (χ1) is 18.9. The highest BCUT2D eigenvalue weighted by Crippen LogP contribution is 2.58. The van der Waals surface area contributed by atoms with Crippen LogP contribution >= 0.6 is 0 Å². The van der Waals surface area contributed by atoms with Crippen LogP contribution in [0, 0.1) is 5.92 Å². The van der Waals surface area contributed by atoms with Crippen LogP contribution in [0.4, 0.5) is 0 Å². The Balaban J connectivity index is 1.34. The Hall–Kier alpha value is -2.11. The van der Waals surface area contributed by atoms with Gasteiger partial charge in [-0.1, -0.05) is 106 Å². The van der Waals surface area contributed by atoms with E-state index in [1.807, 2.05) is 18.2 Å². The molecule has 206 valence electrons. The van der Waals surface area contributed by atoms with E-state index in [2.05, 4.69) is 43.3 Å². The minimum atomic E-state index is -1.49. The third-order valence-electron chi connectivity index (χ3n) is 9.71. The summed E-state index contributed by atoms with van der Waals surface area (Å²) >= 11 is 0. The van der Waals surface area contributed by atoms with E-state index < -0.39 is 14.2 Å². The molecule has 0 aliphatic heterocycles. The van der Waals surface area contributed by atoms with E-state index in [0.717, 1.165) is 32.1 Å². The lowest BCUT2D eigenvalue weighted by molar-refractivity contribution is 0.263. The molecule has 6 heteroatoms. The van der Waals surface area contributed by atoms with Crippen molar-refractivity contribution in [2.24, 2.45) is 5.92 Å². The maximum atomic E-state index is 10.0. The van der Waals surface area contributed by atoms with Gasteiger partial charge in [0.15, 0.2) is 0 Å². The zero-order valence-electron chi connectivity index (χ0n) is 23.5. The van der Waals surface area contributed by atoms with Crippen molar-refractivity contribution in [1.29, 1.82) is 0 Å². The molecule has 2 aromatic rings. The minimum absolute atomic E-state index is 0.143. The summed E-state index contributed by atoms with van der Waals surface area (Å²) in [6.45, 7) is 2.23. The molecule has 39 heavy (non-hydrogen) atoms. The standard InChI is InChI=1S/C33H44B2O4/c1-2-3-4-8-19-33(20-9-6-5-7-10-24-11-12-25-13-14-26(25)21-24)31-22-27(34(36)37)15-17-29(31)30-18-16-28(35(38)39)23-32(30)33/h11-12,15-18,21-23,29,31,36-39H,2-10,13-14,19-20H2,1H3. The summed E-state index contributed by atoms with van der Waals surface area (Å²) in [5, 5.41) is 40.1. The van der Waals surface area contributed by atoms with Crippen molar-refractivity contribution in [2.75, 3.05) is 0 Å². The Labute approximate surface area is 235 Å². The van der Waals surface area contributed by atoms with Crippen LogP contribution in [-0.4, -0.2) is 34.3 Å². The van der Waals surface area contributed by atoms with Crippen LogP contribution in [0.1, 0.15) is 105 Å². The minimum Gasteiger partial charge on any atom is -0.423 e. The van der Waals surface area contributed by atoms with E-state index in [0.29, 0.717) is 10.9 Å². The van der Waals surface area contributed by atoms with Crippen molar-refractivity contribution in [3.8, 4) is 0 Å². The second-order valence-corrected chi connectivity index (χ2v) is 12.2. The van der Waals surface area contributed by atoms with Gasteiger partial charge in [0.05, 0.1) is 0 Å². The monoisotopic (exact) mass is 526 g/mol. The maximum Gasteiger partial charge on any atom is 0.488 e. The van der Waals surface area contributed by atoms with Gasteiger partial charge in [-0.15, -0.1) is 0 Å². The van der Waals surface area contributed by atoms with Crippen LogP contribution in [0.2, 0.25) is 0 Å². The van der Waals surface area contributed by atoms with E-state index in [4.69, 9.17) is 0 Å². The Kier molecular flexibility index (Phi) is 9.18. The molecular weight excluding hydrogens is 482 g/mol. The quantitative estimate of drug-likeness (QED) is 0.204. The fourth-order valence-corrected chi connectivity index (χ4v) is 7.43. The zero-order chi connectivity index (χ0) is 27.4. The first kappa shape index (κ1) is 28.4. The topological polar surface area (TPSA) is 80.9 Å². The van der Waals surface area contributed by atoms with Crippen LogP contribution in [0.25, 0.3) is 0 Å². The van der Waals surface area contributed by atoms with Gasteiger partial charge in [-0.25, -0.2) is 0 Å². The molecule has 4 N–H and O–H groups in total. The summed E-state index contributed by atoms with van der Waals surface area (Å²) in [4.78, 5) is 0. The van der Waals surface area contributed by atoms with Crippen LogP contribution in [0.15, 0.2) is 60.1 Å². The summed E-state index contributed by atoms with van der Waals surface area (Å²) in [7, 11) is -2.97. The molecule has 0 saturated heterocycles. The number of fused-ring (bicyclic) bond motifs is 4. The average molecular weight is 526 g/mol. The lowest BCUT2D eigenvalue weighted by Crippen LogP contribution is -2.36. The van der Waals surface area contributed by atoms with Crippen molar-refractivity contribution < 1.29 is 20.1 Å². The molecule has 0 saturated carbocycles. The van der Waals surface area contributed by atoms with Gasteiger partial charge < -0.3 is 20.1 Å². The lowest BCUT2D eigenvalue weighted by atomic mass is 9.62. The molecule has 2 aromatic carbocycles. The molecule has 0 fully saturated rings. The van der Waals surface area contributed by atoms with Crippen LogP contribution in [0.3, 0.4) is 0 Å². The molecule has 3 atom stereocenters. The summed E-state index contributed by atoms with van der Waals surface area (Å²) in [5.74, 6) is 0.318. The number of rotatable bonds is 14. The van der Waals surface area contributed by atoms with Crippen molar-refractivity contribution in [3.05, 3.63) is 87.9 Å². The summed E-state index contributed by atoms with van der Waals surface area (Å²) in [6, 6.07) is 13.0. The van der Waals surface area contributed by atoms with Crippen LogP contribution in [-0.2, 0) is 24.7 Å². The second-order valence-electron chi connectivity index (χ2n) is 12.2. The fourth-order valence-electron chi connectivity index (χ4n) is 7.43. The van der Waals surface area contributed by atoms with Crippen molar-refractivity contribution >= 4 is 19.7 Å². The molecule has 0 spiro atoms. The third kappa shape index (κ3) is 6.00. The van der Waals surface area contributed by atoms with E-state index in [-0.39, 0.29) is 17.3 Å². The molecule has 0 radical (unpaired) electrons. The summed E-state index contributed by atoms with van der Waals surface area (Å²) in [6.07, 6.45) is 21.2. The molecule has 3 unspecified atom stereocenters. The van der Waals surface area contributed by atoms with E-state index >= 15 is 0 Å². The highest BCUT2D eigenvalue weighted by atomic mass is 16.4. The van der Waals surface area contributed by atoms with E-state index in [9.17, 15) is 20.1 Å². The molecule has 3 aliphatic carbocycles. The van der Waals surface area contributed by atoms with Gasteiger partial charge in [0.25, 0.3) is 0 Å². The first-order valence-corrected chi connectivity index (χ1v) is 15.3. The molecule has 3 aliphatic rings. The van der Waals surface area contributed by atoms with E-state index in [1.54, 1.807) is 5.56 Å². The normalized spacial score (nSPS) is 22.5. The Bertz CT molecular complexity index is 1200. The molecule has 0 amide bonds. The smallest absolute Gasteiger partial charge is 0.423 e. The number of hydrogen-bond donors (Lipinski definition) is 4. The molecular formula is C33H44B2O4. The maximum absolute atomic E-state index is 10.0. The van der Waals surface area contributed by atoms with Gasteiger partial charge in [0, 0.05) is 11.3 Å². The van der Waals surface area contributed by atoms with Gasteiger partial charge in [-0.2, -0.15) is 0 Å². The number of allylic oxidation sites excluding steroid dienone is 4. The predicted molar refractivity (Wildman–Crippen MR) is 161 cm³/mol. The van der Waals surface area contributed by atoms with Gasteiger partial charge in [-0.3, -0.25) is 0 Å². The number of unbranched alkanes of at least 4 members (excludes halogenated alkanes) is 6. The van der Waals surface area contributed by atoms with E-state index in [1.165, 1.54) is 73.6 Å². The highest BCUT2D eigenvalue weighted by molar-refractivity contribution is 6.58. The molecule has 0 bridgehead atoms. The van der Waals surface area contributed by atoms with Gasteiger partial charge in [-0.05, 0) is 83.2 Å². The SMILES string of the molecule is CCCCCCC1(CCCCCCc2ccc3c(c2)CC3)c2cc(B(O)O)ccc2C2C=CC(B(O)O)=CC21. The molecule has 0 heterocycles. The number of aryl methyl sites for hydroxylation is 3. The lowest BCUT2D eigenvalue weighted by Gasteiger charge is -2.39. The molecule has 5 rings (SSSR count). The van der Waals surface area contributed by atoms with Gasteiger partial charge in [0.2, 0.25) is 0 Å². The number of benzene rings is 2. The largest absolute Gasteiger partial charge is 0.488 e. The fraction of sp³-hybridized carbons (Fsp3) is 0.515. The summed E-state index contributed by atoms with van der Waals surface area (Å²) < 4.78 is 0.